The summed E-state index contributed by atoms with van der Waals surface area (Å²) in [5.74, 6) is -0.200. The number of aryl methyl sites for hydroxylation is 1. The molecule has 0 aliphatic carbocycles. The van der Waals surface area contributed by atoms with Gasteiger partial charge in [-0.1, -0.05) is 73.2 Å². The minimum absolute atomic E-state index is 0.200. The molecule has 0 atom stereocenters. The van der Waals surface area contributed by atoms with E-state index in [0.29, 0.717) is 10.7 Å². The molecule has 4 aromatic rings. The minimum Gasteiger partial charge on any atom is -0.296 e. The van der Waals surface area contributed by atoms with E-state index in [9.17, 15) is 4.79 Å². The Labute approximate surface area is 167 Å². The third-order valence-electron chi connectivity index (χ3n) is 4.46. The molecular formula is C22H20N4OS. The van der Waals surface area contributed by atoms with Crippen LogP contribution in [0.1, 0.15) is 35.1 Å². The molecule has 0 aliphatic heterocycles. The van der Waals surface area contributed by atoms with Crippen molar-refractivity contribution in [2.45, 2.75) is 26.2 Å². The van der Waals surface area contributed by atoms with Gasteiger partial charge in [-0.2, -0.15) is 0 Å². The lowest BCUT2D eigenvalue weighted by Crippen LogP contribution is -2.13. The monoisotopic (exact) mass is 388 g/mol. The number of aromatic nitrogens is 3. The van der Waals surface area contributed by atoms with Gasteiger partial charge in [-0.05, 0) is 18.6 Å². The maximum absolute atomic E-state index is 13.0. The molecule has 0 fully saturated rings. The first-order valence-electron chi connectivity index (χ1n) is 9.33. The number of nitrogens with one attached hydrogen (secondary N) is 1. The number of amides is 1. The van der Waals surface area contributed by atoms with Crippen LogP contribution in [0.3, 0.4) is 0 Å². The first-order valence-corrected chi connectivity index (χ1v) is 10.1. The summed E-state index contributed by atoms with van der Waals surface area (Å²) in [6, 6.07) is 19.4. The van der Waals surface area contributed by atoms with Crippen LogP contribution in [0, 0.1) is 0 Å². The number of carbonyl (C=O) groups excluding carboxylic acids is 1. The summed E-state index contributed by atoms with van der Waals surface area (Å²) in [5.41, 5.74) is 3.11. The van der Waals surface area contributed by atoms with Crippen molar-refractivity contribution in [1.29, 1.82) is 0 Å². The number of unbranched alkanes of at least 4 members (excludes halogenated alkanes) is 1. The standard InChI is InChI=1S/C22H20N4OS/c1-2-3-13-20-25-26-22(28-20)24-21(27)17-14-19(15-9-5-4-6-10-15)23-18-12-8-7-11-16(17)18/h4-12,14H,2-3,13H2,1H3,(H,24,26,27). The molecule has 2 aromatic heterocycles. The molecule has 140 valence electrons. The summed E-state index contributed by atoms with van der Waals surface area (Å²) in [6.07, 6.45) is 3.06. The van der Waals surface area contributed by atoms with E-state index in [1.807, 2.05) is 60.7 Å². The number of anilines is 1. The van der Waals surface area contributed by atoms with Gasteiger partial charge in [0.25, 0.3) is 5.91 Å². The molecule has 1 N–H and O–H groups in total. The van der Waals surface area contributed by atoms with Gasteiger partial charge in [-0.25, -0.2) is 4.98 Å². The summed E-state index contributed by atoms with van der Waals surface area (Å²) in [4.78, 5) is 17.8. The molecule has 0 saturated heterocycles. The molecule has 4 rings (SSSR count). The Morgan fingerprint density at radius 3 is 2.64 bits per heavy atom. The van der Waals surface area contributed by atoms with Crippen LogP contribution < -0.4 is 5.32 Å². The van der Waals surface area contributed by atoms with Crippen LogP contribution in [-0.2, 0) is 6.42 Å². The fraction of sp³-hybridized carbons (Fsp3) is 0.182. The molecule has 5 nitrogen and oxygen atoms in total. The molecule has 28 heavy (non-hydrogen) atoms. The average molecular weight is 388 g/mol. The molecule has 0 aliphatic rings. The second kappa shape index (κ2) is 8.27. The van der Waals surface area contributed by atoms with Gasteiger partial charge in [-0.3, -0.25) is 10.1 Å². The zero-order valence-electron chi connectivity index (χ0n) is 15.6. The minimum atomic E-state index is -0.200. The van der Waals surface area contributed by atoms with Gasteiger partial charge >= 0.3 is 0 Å². The highest BCUT2D eigenvalue weighted by molar-refractivity contribution is 7.15. The number of rotatable bonds is 6. The number of hydrogen-bond donors (Lipinski definition) is 1. The van der Waals surface area contributed by atoms with E-state index in [0.717, 1.165) is 46.4 Å². The van der Waals surface area contributed by atoms with Crippen LogP contribution >= 0.6 is 11.3 Å². The van der Waals surface area contributed by atoms with Crippen molar-refractivity contribution in [2.75, 3.05) is 5.32 Å². The van der Waals surface area contributed by atoms with E-state index >= 15 is 0 Å². The average Bonchev–Trinajstić information content (AvgIpc) is 3.19. The number of nitrogens with zero attached hydrogens (tertiary/aromatic N) is 3. The third-order valence-corrected chi connectivity index (χ3v) is 5.36. The summed E-state index contributed by atoms with van der Waals surface area (Å²) >= 11 is 1.43. The van der Waals surface area contributed by atoms with E-state index in [2.05, 4.69) is 22.4 Å². The van der Waals surface area contributed by atoms with Crippen molar-refractivity contribution in [3.05, 3.63) is 71.2 Å². The van der Waals surface area contributed by atoms with Crippen LogP contribution in [0.2, 0.25) is 0 Å². The Hall–Kier alpha value is -3.12. The van der Waals surface area contributed by atoms with E-state index in [1.165, 1.54) is 11.3 Å². The van der Waals surface area contributed by atoms with Gasteiger partial charge in [0.2, 0.25) is 5.13 Å². The summed E-state index contributed by atoms with van der Waals surface area (Å²) in [7, 11) is 0. The first-order chi connectivity index (χ1) is 13.7. The maximum Gasteiger partial charge on any atom is 0.258 e. The lowest BCUT2D eigenvalue weighted by Gasteiger charge is -2.09. The van der Waals surface area contributed by atoms with Gasteiger partial charge < -0.3 is 0 Å². The SMILES string of the molecule is CCCCc1nnc(NC(=O)c2cc(-c3ccccc3)nc3ccccc23)s1. The van der Waals surface area contributed by atoms with E-state index in [1.54, 1.807) is 0 Å². The Bertz CT molecular complexity index is 1110. The van der Waals surface area contributed by atoms with Crippen molar-refractivity contribution >= 4 is 33.3 Å². The topological polar surface area (TPSA) is 67.8 Å². The number of carbonyl (C=O) groups is 1. The number of para-hydroxylation sites is 1. The second-order valence-electron chi connectivity index (χ2n) is 6.50. The number of pyridine rings is 1. The van der Waals surface area contributed by atoms with Crippen LogP contribution in [0.5, 0.6) is 0 Å². The van der Waals surface area contributed by atoms with E-state index < -0.39 is 0 Å². The number of hydrogen-bond acceptors (Lipinski definition) is 5. The van der Waals surface area contributed by atoms with Crippen molar-refractivity contribution in [3.63, 3.8) is 0 Å². The Morgan fingerprint density at radius 1 is 1.04 bits per heavy atom. The van der Waals surface area contributed by atoms with Crippen LogP contribution in [-0.4, -0.2) is 21.1 Å². The molecule has 0 radical (unpaired) electrons. The summed E-state index contributed by atoms with van der Waals surface area (Å²) in [5, 5.41) is 13.5. The predicted molar refractivity (Wildman–Crippen MR) is 114 cm³/mol. The molecule has 2 aromatic carbocycles. The molecule has 1 amide bonds. The zero-order chi connectivity index (χ0) is 19.3. The fourth-order valence-electron chi connectivity index (χ4n) is 3.02. The van der Waals surface area contributed by atoms with Gasteiger partial charge in [0, 0.05) is 17.4 Å². The fourth-order valence-corrected chi connectivity index (χ4v) is 3.79. The molecule has 0 spiro atoms. The van der Waals surface area contributed by atoms with E-state index in [4.69, 9.17) is 4.98 Å². The molecule has 2 heterocycles. The van der Waals surface area contributed by atoms with Gasteiger partial charge in [0.05, 0.1) is 16.8 Å². The maximum atomic E-state index is 13.0. The Morgan fingerprint density at radius 2 is 1.82 bits per heavy atom. The van der Waals surface area contributed by atoms with Crippen molar-refractivity contribution < 1.29 is 4.79 Å². The Balaban J connectivity index is 1.68. The quantitative estimate of drug-likeness (QED) is 0.483. The van der Waals surface area contributed by atoms with Crippen LogP contribution in [0.25, 0.3) is 22.2 Å². The van der Waals surface area contributed by atoms with Gasteiger partial charge in [-0.15, -0.1) is 10.2 Å². The predicted octanol–water partition coefficient (Wildman–Crippen LogP) is 5.35. The molecular weight excluding hydrogens is 368 g/mol. The summed E-state index contributed by atoms with van der Waals surface area (Å²) in [6.45, 7) is 2.14. The van der Waals surface area contributed by atoms with Gasteiger partial charge in [0.1, 0.15) is 5.01 Å². The van der Waals surface area contributed by atoms with Crippen molar-refractivity contribution in [2.24, 2.45) is 0 Å². The lowest BCUT2D eigenvalue weighted by molar-refractivity contribution is 0.102. The van der Waals surface area contributed by atoms with Crippen LogP contribution in [0.4, 0.5) is 5.13 Å². The molecule has 0 saturated carbocycles. The number of fused-ring (bicyclic) bond motifs is 1. The highest BCUT2D eigenvalue weighted by atomic mass is 32.1. The second-order valence-corrected chi connectivity index (χ2v) is 7.56. The third kappa shape index (κ3) is 3.92. The Kier molecular flexibility index (Phi) is 5.39. The van der Waals surface area contributed by atoms with Gasteiger partial charge in [0.15, 0.2) is 0 Å². The lowest BCUT2D eigenvalue weighted by atomic mass is 10.0. The highest BCUT2D eigenvalue weighted by Crippen LogP contribution is 2.26. The smallest absolute Gasteiger partial charge is 0.258 e. The number of benzene rings is 2. The molecule has 0 bridgehead atoms. The normalized spacial score (nSPS) is 10.9. The molecule has 0 unspecified atom stereocenters. The highest BCUT2D eigenvalue weighted by Gasteiger charge is 2.16. The first kappa shape index (κ1) is 18.3. The largest absolute Gasteiger partial charge is 0.296 e. The molecule has 6 heteroatoms. The zero-order valence-corrected chi connectivity index (χ0v) is 16.4. The summed E-state index contributed by atoms with van der Waals surface area (Å²) < 4.78 is 0. The van der Waals surface area contributed by atoms with E-state index in [-0.39, 0.29) is 5.91 Å². The van der Waals surface area contributed by atoms with Crippen molar-refractivity contribution in [3.8, 4) is 11.3 Å². The van der Waals surface area contributed by atoms with Crippen molar-refractivity contribution in [1.82, 2.24) is 15.2 Å². The van der Waals surface area contributed by atoms with Crippen LogP contribution in [0.15, 0.2) is 60.7 Å².